The van der Waals surface area contributed by atoms with E-state index in [1.54, 1.807) is 32.4 Å². The van der Waals surface area contributed by atoms with Crippen molar-refractivity contribution < 1.29 is 19.1 Å². The van der Waals surface area contributed by atoms with Crippen LogP contribution in [0.25, 0.3) is 5.57 Å². The molecule has 0 saturated heterocycles. The zero-order valence-corrected chi connectivity index (χ0v) is 20.0. The summed E-state index contributed by atoms with van der Waals surface area (Å²) in [4.78, 5) is 28.5. The SMILES string of the molecule is COc1cc(NC2=C(c3ccc(C)cc3)C(=O)N(c3ccc(C(C)C)cc3)C2=O)cc(OC)c1. The maximum absolute atomic E-state index is 13.6. The van der Waals surface area contributed by atoms with Crippen LogP contribution in [0, 0.1) is 6.92 Å². The van der Waals surface area contributed by atoms with Crippen LogP contribution >= 0.6 is 0 Å². The lowest BCUT2D eigenvalue weighted by Gasteiger charge is -2.17. The number of anilines is 2. The second kappa shape index (κ2) is 9.43. The minimum atomic E-state index is -0.417. The second-order valence-corrected chi connectivity index (χ2v) is 8.53. The van der Waals surface area contributed by atoms with Gasteiger partial charge < -0.3 is 14.8 Å². The first-order valence-electron chi connectivity index (χ1n) is 11.1. The lowest BCUT2D eigenvalue weighted by Crippen LogP contribution is -2.32. The Kier molecular flexibility index (Phi) is 6.41. The van der Waals surface area contributed by atoms with E-state index in [0.717, 1.165) is 11.1 Å². The summed E-state index contributed by atoms with van der Waals surface area (Å²) in [6, 6.07) is 20.3. The number of nitrogens with one attached hydrogen (secondary N) is 1. The molecule has 1 N–H and O–H groups in total. The average molecular weight is 457 g/mol. The Bertz CT molecular complexity index is 1240. The van der Waals surface area contributed by atoms with E-state index in [1.165, 1.54) is 4.90 Å². The number of amides is 2. The van der Waals surface area contributed by atoms with Gasteiger partial charge in [0.25, 0.3) is 11.8 Å². The molecule has 0 aromatic heterocycles. The number of benzene rings is 3. The Labute approximate surface area is 199 Å². The zero-order valence-electron chi connectivity index (χ0n) is 20.0. The summed E-state index contributed by atoms with van der Waals surface area (Å²) in [5, 5.41) is 3.17. The van der Waals surface area contributed by atoms with Crippen LogP contribution in [0.2, 0.25) is 0 Å². The summed E-state index contributed by atoms with van der Waals surface area (Å²) in [7, 11) is 3.12. The molecule has 0 aliphatic carbocycles. The highest BCUT2D eigenvalue weighted by Crippen LogP contribution is 2.35. The fourth-order valence-electron chi connectivity index (χ4n) is 3.90. The number of hydrogen-bond donors (Lipinski definition) is 1. The van der Waals surface area contributed by atoms with Gasteiger partial charge in [-0.2, -0.15) is 0 Å². The van der Waals surface area contributed by atoms with Gasteiger partial charge in [-0.05, 0) is 36.1 Å². The fourth-order valence-corrected chi connectivity index (χ4v) is 3.90. The third-order valence-electron chi connectivity index (χ3n) is 5.86. The molecule has 1 aliphatic rings. The smallest absolute Gasteiger partial charge is 0.282 e. The Morgan fingerprint density at radius 3 is 1.91 bits per heavy atom. The molecule has 6 nitrogen and oxygen atoms in total. The second-order valence-electron chi connectivity index (χ2n) is 8.53. The van der Waals surface area contributed by atoms with Crippen LogP contribution in [-0.4, -0.2) is 26.0 Å². The molecule has 3 aromatic carbocycles. The molecule has 0 bridgehead atoms. The number of carbonyl (C=O) groups is 2. The molecule has 4 rings (SSSR count). The number of aryl methyl sites for hydroxylation is 1. The van der Waals surface area contributed by atoms with E-state index in [4.69, 9.17) is 9.47 Å². The zero-order chi connectivity index (χ0) is 24.4. The molecular weight excluding hydrogens is 428 g/mol. The molecule has 0 unspecified atom stereocenters. The maximum Gasteiger partial charge on any atom is 0.282 e. The van der Waals surface area contributed by atoms with Gasteiger partial charge in [0.05, 0.1) is 25.5 Å². The van der Waals surface area contributed by atoms with Gasteiger partial charge in [-0.3, -0.25) is 9.59 Å². The standard InChI is InChI=1S/C28H28N2O4/c1-17(2)19-10-12-22(13-11-19)30-27(31)25(20-8-6-18(3)7-9-20)26(28(30)32)29-21-14-23(33-4)16-24(15-21)34-5/h6-17,29H,1-5H3. The maximum atomic E-state index is 13.6. The van der Waals surface area contributed by atoms with Crippen LogP contribution in [0.4, 0.5) is 11.4 Å². The van der Waals surface area contributed by atoms with Crippen LogP contribution in [-0.2, 0) is 9.59 Å². The number of ether oxygens (including phenoxy) is 2. The van der Waals surface area contributed by atoms with Crippen LogP contribution in [0.15, 0.2) is 72.4 Å². The summed E-state index contributed by atoms with van der Waals surface area (Å²) in [5.41, 5.74) is 4.50. The summed E-state index contributed by atoms with van der Waals surface area (Å²) in [6.45, 7) is 6.18. The van der Waals surface area contributed by atoms with Gasteiger partial charge in [0.15, 0.2) is 0 Å². The molecular formula is C28H28N2O4. The minimum Gasteiger partial charge on any atom is -0.497 e. The van der Waals surface area contributed by atoms with Crippen molar-refractivity contribution in [2.24, 2.45) is 0 Å². The fraction of sp³-hybridized carbons (Fsp3) is 0.214. The van der Waals surface area contributed by atoms with E-state index in [1.807, 2.05) is 55.5 Å². The summed E-state index contributed by atoms with van der Waals surface area (Å²) >= 11 is 0. The van der Waals surface area contributed by atoms with Crippen LogP contribution in [0.3, 0.4) is 0 Å². The number of nitrogens with zero attached hydrogens (tertiary/aromatic N) is 1. The quantitative estimate of drug-likeness (QED) is 0.473. The van der Waals surface area contributed by atoms with E-state index in [0.29, 0.717) is 39.9 Å². The molecule has 0 atom stereocenters. The van der Waals surface area contributed by atoms with Gasteiger partial charge >= 0.3 is 0 Å². The molecule has 174 valence electrons. The summed E-state index contributed by atoms with van der Waals surface area (Å²) < 4.78 is 10.7. The summed E-state index contributed by atoms with van der Waals surface area (Å²) in [5.74, 6) is 0.693. The highest BCUT2D eigenvalue weighted by atomic mass is 16.5. The molecule has 6 heteroatoms. The molecule has 0 saturated carbocycles. The summed E-state index contributed by atoms with van der Waals surface area (Å²) in [6.07, 6.45) is 0. The number of imide groups is 1. The Balaban J connectivity index is 1.80. The first-order chi connectivity index (χ1) is 16.3. The van der Waals surface area contributed by atoms with E-state index >= 15 is 0 Å². The molecule has 3 aromatic rings. The van der Waals surface area contributed by atoms with Crippen LogP contribution in [0.5, 0.6) is 11.5 Å². The molecule has 2 amide bonds. The normalized spacial score (nSPS) is 13.6. The monoisotopic (exact) mass is 456 g/mol. The van der Waals surface area contributed by atoms with Crippen molar-refractivity contribution in [2.45, 2.75) is 26.7 Å². The van der Waals surface area contributed by atoms with E-state index < -0.39 is 5.91 Å². The molecule has 1 aliphatic heterocycles. The Hall–Kier alpha value is -4.06. The van der Waals surface area contributed by atoms with E-state index in [2.05, 4.69) is 19.2 Å². The number of hydrogen-bond acceptors (Lipinski definition) is 5. The third kappa shape index (κ3) is 4.39. The van der Waals surface area contributed by atoms with Crippen molar-refractivity contribution in [1.29, 1.82) is 0 Å². The average Bonchev–Trinajstić information content (AvgIpc) is 3.08. The highest BCUT2D eigenvalue weighted by Gasteiger charge is 2.40. The van der Waals surface area contributed by atoms with E-state index in [9.17, 15) is 9.59 Å². The van der Waals surface area contributed by atoms with Crippen molar-refractivity contribution in [3.63, 3.8) is 0 Å². The Morgan fingerprint density at radius 2 is 1.38 bits per heavy atom. The predicted molar refractivity (Wildman–Crippen MR) is 134 cm³/mol. The molecule has 0 fully saturated rings. The van der Waals surface area contributed by atoms with Gasteiger partial charge in [-0.15, -0.1) is 0 Å². The number of methoxy groups -OCH3 is 2. The van der Waals surface area contributed by atoms with Gasteiger partial charge in [0.1, 0.15) is 17.2 Å². The lowest BCUT2D eigenvalue weighted by molar-refractivity contribution is -0.120. The van der Waals surface area contributed by atoms with Crippen molar-refractivity contribution in [3.05, 3.63) is 89.1 Å². The number of carbonyl (C=O) groups excluding carboxylic acids is 2. The van der Waals surface area contributed by atoms with Crippen molar-refractivity contribution in [2.75, 3.05) is 24.4 Å². The first-order valence-corrected chi connectivity index (χ1v) is 11.1. The molecule has 0 spiro atoms. The molecule has 34 heavy (non-hydrogen) atoms. The molecule has 1 heterocycles. The predicted octanol–water partition coefficient (Wildman–Crippen LogP) is 5.53. The Morgan fingerprint density at radius 1 is 0.794 bits per heavy atom. The van der Waals surface area contributed by atoms with Gasteiger partial charge in [-0.25, -0.2) is 4.90 Å². The van der Waals surface area contributed by atoms with Gasteiger partial charge in [-0.1, -0.05) is 55.8 Å². The molecule has 0 radical (unpaired) electrons. The van der Waals surface area contributed by atoms with Crippen molar-refractivity contribution in [3.8, 4) is 11.5 Å². The third-order valence-corrected chi connectivity index (χ3v) is 5.86. The lowest BCUT2D eigenvalue weighted by atomic mass is 10.0. The largest absolute Gasteiger partial charge is 0.497 e. The number of rotatable bonds is 7. The van der Waals surface area contributed by atoms with E-state index in [-0.39, 0.29) is 11.6 Å². The van der Waals surface area contributed by atoms with Crippen LogP contribution < -0.4 is 19.7 Å². The first kappa shape index (κ1) is 23.1. The van der Waals surface area contributed by atoms with Crippen molar-refractivity contribution >= 4 is 28.8 Å². The van der Waals surface area contributed by atoms with Crippen molar-refractivity contribution in [1.82, 2.24) is 0 Å². The topological polar surface area (TPSA) is 67.9 Å². The van der Waals surface area contributed by atoms with Gasteiger partial charge in [0, 0.05) is 23.9 Å². The highest BCUT2D eigenvalue weighted by molar-refractivity contribution is 6.46. The van der Waals surface area contributed by atoms with Gasteiger partial charge in [0.2, 0.25) is 0 Å². The van der Waals surface area contributed by atoms with Crippen LogP contribution in [0.1, 0.15) is 36.5 Å². The minimum absolute atomic E-state index is 0.206.